The van der Waals surface area contributed by atoms with Gasteiger partial charge in [-0.3, -0.25) is 9.67 Å². The third kappa shape index (κ3) is 2.91. The smallest absolute Gasteiger partial charge is 0.336 e. The number of ether oxygens (including phenoxy) is 1. The summed E-state index contributed by atoms with van der Waals surface area (Å²) in [5.41, 5.74) is 4.16. The van der Waals surface area contributed by atoms with Crippen LogP contribution in [0.5, 0.6) is 11.5 Å². The molecule has 4 aromatic rings. The maximum absolute atomic E-state index is 13.9. The van der Waals surface area contributed by atoms with Gasteiger partial charge in [0.1, 0.15) is 5.75 Å². The Morgan fingerprint density at radius 1 is 1.20 bits per heavy atom. The Balaban J connectivity index is 1.52. The molecular formula is C23H16FN3O3. The second-order valence-electron chi connectivity index (χ2n) is 7.06. The number of aryl methyl sites for hydroxylation is 1. The van der Waals surface area contributed by atoms with Crippen molar-refractivity contribution in [1.29, 1.82) is 0 Å². The fraction of sp³-hybridized carbons (Fsp3) is 0.0870. The average molecular weight is 401 g/mol. The average Bonchev–Trinajstić information content (AvgIpc) is 3.28. The lowest BCUT2D eigenvalue weighted by molar-refractivity contribution is 0.0695. The van der Waals surface area contributed by atoms with E-state index in [9.17, 15) is 14.3 Å². The first-order chi connectivity index (χ1) is 14.5. The number of carboxylic acid groups (broad SMARTS) is 1. The van der Waals surface area contributed by atoms with Crippen LogP contribution in [-0.2, 0) is 13.5 Å². The second-order valence-corrected chi connectivity index (χ2v) is 7.06. The van der Waals surface area contributed by atoms with Crippen molar-refractivity contribution in [2.75, 3.05) is 0 Å². The number of para-hydroxylation sites is 1. The van der Waals surface area contributed by atoms with Gasteiger partial charge in [0.2, 0.25) is 0 Å². The van der Waals surface area contributed by atoms with E-state index < -0.39 is 11.8 Å². The maximum atomic E-state index is 13.9. The van der Waals surface area contributed by atoms with Crippen LogP contribution in [0.2, 0.25) is 0 Å². The first-order valence-corrected chi connectivity index (χ1v) is 9.32. The molecule has 0 fully saturated rings. The largest absolute Gasteiger partial charge is 0.478 e. The van der Waals surface area contributed by atoms with Crippen LogP contribution in [0, 0.1) is 5.82 Å². The summed E-state index contributed by atoms with van der Waals surface area (Å²) in [5.74, 6) is -0.770. The molecule has 2 aromatic heterocycles. The molecule has 0 bridgehead atoms. The molecule has 0 spiro atoms. The quantitative estimate of drug-likeness (QED) is 0.537. The highest BCUT2D eigenvalue weighted by Gasteiger charge is 2.24. The normalized spacial score (nSPS) is 12.7. The third-order valence-corrected chi connectivity index (χ3v) is 5.17. The molecule has 2 aromatic carbocycles. The van der Waals surface area contributed by atoms with Gasteiger partial charge < -0.3 is 9.84 Å². The fourth-order valence-corrected chi connectivity index (χ4v) is 3.86. The highest BCUT2D eigenvalue weighted by atomic mass is 19.1. The van der Waals surface area contributed by atoms with E-state index in [-0.39, 0.29) is 11.3 Å². The van der Waals surface area contributed by atoms with E-state index in [0.717, 1.165) is 16.7 Å². The van der Waals surface area contributed by atoms with Gasteiger partial charge in [-0.15, -0.1) is 0 Å². The minimum atomic E-state index is -0.965. The number of aromatic carboxylic acids is 1. The number of hydrogen-bond donors (Lipinski definition) is 1. The van der Waals surface area contributed by atoms with Crippen LogP contribution < -0.4 is 4.74 Å². The van der Waals surface area contributed by atoms with Gasteiger partial charge in [0.05, 0.1) is 22.5 Å². The van der Waals surface area contributed by atoms with Crippen LogP contribution in [0.15, 0.2) is 54.7 Å². The molecule has 5 rings (SSSR count). The summed E-state index contributed by atoms with van der Waals surface area (Å²) >= 11 is 0. The number of nitrogens with zero attached hydrogens (tertiary/aromatic N) is 3. The number of carboxylic acids is 1. The number of hydrogen-bond acceptors (Lipinski definition) is 4. The number of allylic oxidation sites excluding steroid dienone is 1. The Kier molecular flexibility index (Phi) is 4.10. The van der Waals surface area contributed by atoms with Gasteiger partial charge >= 0.3 is 5.97 Å². The van der Waals surface area contributed by atoms with Gasteiger partial charge in [-0.1, -0.05) is 12.1 Å². The zero-order valence-electron chi connectivity index (χ0n) is 16.0. The molecule has 2 heterocycles. The molecular weight excluding hydrogens is 385 g/mol. The third-order valence-electron chi connectivity index (χ3n) is 5.17. The predicted octanol–water partition coefficient (Wildman–Crippen LogP) is 4.69. The van der Waals surface area contributed by atoms with Gasteiger partial charge in [-0.25, -0.2) is 9.18 Å². The Hall–Kier alpha value is -4.00. The minimum absolute atomic E-state index is 0.147. The molecule has 148 valence electrons. The number of aromatic nitrogens is 3. The fourth-order valence-electron chi connectivity index (χ4n) is 3.86. The highest BCUT2D eigenvalue weighted by molar-refractivity contribution is 6.00. The molecule has 6 nitrogen and oxygen atoms in total. The Labute approximate surface area is 170 Å². The molecule has 0 amide bonds. The number of fused-ring (bicyclic) bond motifs is 2. The summed E-state index contributed by atoms with van der Waals surface area (Å²) in [6.45, 7) is 0. The van der Waals surface area contributed by atoms with Crippen LogP contribution in [0.1, 0.15) is 27.3 Å². The molecule has 0 saturated heterocycles. The van der Waals surface area contributed by atoms with Crippen molar-refractivity contribution < 1.29 is 19.0 Å². The molecule has 0 atom stereocenters. The zero-order chi connectivity index (χ0) is 20.8. The van der Waals surface area contributed by atoms with Gasteiger partial charge in [0.25, 0.3) is 0 Å². The summed E-state index contributed by atoms with van der Waals surface area (Å²) in [6, 6.07) is 13.1. The first-order valence-electron chi connectivity index (χ1n) is 9.32. The number of halogens is 1. The SMILES string of the molecule is Cn1nc2cc(Oc3ccccc3F)ccc2c1C1=Cc2nccc(C(=O)O)c2C1. The van der Waals surface area contributed by atoms with E-state index in [1.807, 2.05) is 19.2 Å². The summed E-state index contributed by atoms with van der Waals surface area (Å²) in [6.07, 6.45) is 3.88. The Bertz CT molecular complexity index is 1360. The molecule has 0 unspecified atom stereocenters. The molecule has 0 saturated carbocycles. The topological polar surface area (TPSA) is 77.2 Å². The summed E-state index contributed by atoms with van der Waals surface area (Å²) in [4.78, 5) is 15.9. The lowest BCUT2D eigenvalue weighted by atomic mass is 10.0. The van der Waals surface area contributed by atoms with E-state index in [1.54, 1.807) is 35.0 Å². The minimum Gasteiger partial charge on any atom is -0.478 e. The maximum Gasteiger partial charge on any atom is 0.336 e. The van der Waals surface area contributed by atoms with Crippen LogP contribution in [-0.4, -0.2) is 25.8 Å². The highest BCUT2D eigenvalue weighted by Crippen LogP contribution is 2.37. The lowest BCUT2D eigenvalue weighted by Gasteiger charge is -2.07. The van der Waals surface area contributed by atoms with Crippen molar-refractivity contribution in [3.05, 3.63) is 83.1 Å². The van der Waals surface area contributed by atoms with Crippen molar-refractivity contribution in [3.63, 3.8) is 0 Å². The number of benzene rings is 2. The summed E-state index contributed by atoms with van der Waals surface area (Å²) < 4.78 is 21.3. The van der Waals surface area contributed by atoms with Gasteiger partial charge in [0.15, 0.2) is 11.6 Å². The van der Waals surface area contributed by atoms with Crippen molar-refractivity contribution >= 4 is 28.5 Å². The van der Waals surface area contributed by atoms with Crippen molar-refractivity contribution in [2.24, 2.45) is 7.05 Å². The van der Waals surface area contributed by atoms with Crippen LogP contribution in [0.25, 0.3) is 22.6 Å². The van der Waals surface area contributed by atoms with Gasteiger partial charge in [0, 0.05) is 31.1 Å². The van der Waals surface area contributed by atoms with Crippen molar-refractivity contribution in [2.45, 2.75) is 6.42 Å². The molecule has 30 heavy (non-hydrogen) atoms. The first kappa shape index (κ1) is 18.1. The molecule has 1 aliphatic rings. The predicted molar refractivity (Wildman–Crippen MR) is 110 cm³/mol. The number of rotatable bonds is 4. The van der Waals surface area contributed by atoms with E-state index in [2.05, 4.69) is 10.1 Å². The molecule has 7 heteroatoms. The second kappa shape index (κ2) is 6.81. The van der Waals surface area contributed by atoms with E-state index in [4.69, 9.17) is 4.74 Å². The monoisotopic (exact) mass is 401 g/mol. The lowest BCUT2D eigenvalue weighted by Crippen LogP contribution is -2.04. The van der Waals surface area contributed by atoms with Gasteiger partial charge in [-0.05, 0) is 47.5 Å². The molecule has 0 aliphatic heterocycles. The van der Waals surface area contributed by atoms with E-state index in [0.29, 0.717) is 28.9 Å². The van der Waals surface area contributed by atoms with Crippen LogP contribution in [0.3, 0.4) is 0 Å². The number of pyridine rings is 1. The van der Waals surface area contributed by atoms with Crippen LogP contribution in [0.4, 0.5) is 4.39 Å². The molecule has 1 aliphatic carbocycles. The van der Waals surface area contributed by atoms with Crippen molar-refractivity contribution in [1.82, 2.24) is 14.8 Å². The summed E-state index contributed by atoms with van der Waals surface area (Å²) in [5, 5.41) is 14.9. The summed E-state index contributed by atoms with van der Waals surface area (Å²) in [7, 11) is 1.84. The molecule has 1 N–H and O–H groups in total. The zero-order valence-corrected chi connectivity index (χ0v) is 16.0. The molecule has 0 radical (unpaired) electrons. The van der Waals surface area contributed by atoms with Gasteiger partial charge in [-0.2, -0.15) is 5.10 Å². The van der Waals surface area contributed by atoms with Crippen LogP contribution >= 0.6 is 0 Å². The Morgan fingerprint density at radius 3 is 2.83 bits per heavy atom. The Morgan fingerprint density at radius 2 is 2.03 bits per heavy atom. The van der Waals surface area contributed by atoms with E-state index in [1.165, 1.54) is 18.3 Å². The standard InChI is InChI=1S/C23H16FN3O3/c1-27-22(13-10-17-15(23(28)29)8-9-25-19(17)11-13)16-7-6-14(12-20(16)26-27)30-21-5-3-2-4-18(21)24/h2-9,11-12H,10H2,1H3,(H,28,29). The van der Waals surface area contributed by atoms with E-state index >= 15 is 0 Å². The van der Waals surface area contributed by atoms with Crippen molar-refractivity contribution in [3.8, 4) is 11.5 Å². The number of carbonyl (C=O) groups is 1.